The average molecular weight is 500 g/mol. The van der Waals surface area contributed by atoms with E-state index in [2.05, 4.69) is 15.7 Å². The van der Waals surface area contributed by atoms with Gasteiger partial charge in [-0.15, -0.1) is 0 Å². The molecule has 3 aromatic carbocycles. The second-order valence-electron chi connectivity index (χ2n) is 8.48. The summed E-state index contributed by atoms with van der Waals surface area (Å²) in [6, 6.07) is 23.1. The number of likely N-dealkylation sites (N-methyl/N-ethyl adjacent to an activating group) is 1. The molecule has 1 amide bonds. The Kier molecular flexibility index (Phi) is 8.17. The lowest BCUT2D eigenvalue weighted by atomic mass is 10.2. The zero-order valence-corrected chi connectivity index (χ0v) is 21.0. The van der Waals surface area contributed by atoms with Gasteiger partial charge in [-0.25, -0.2) is 0 Å². The molecule has 190 valence electrons. The molecule has 9 nitrogen and oxygen atoms in total. The summed E-state index contributed by atoms with van der Waals surface area (Å²) in [6.45, 7) is 1.25. The molecule has 1 aromatic heterocycles. The molecule has 0 atom stereocenters. The molecule has 1 heterocycles. The minimum absolute atomic E-state index is 0.180. The number of carbonyl (C=O) groups is 1. The zero-order valence-electron chi connectivity index (χ0n) is 21.0. The molecule has 0 saturated carbocycles. The highest BCUT2D eigenvalue weighted by Gasteiger charge is 2.16. The van der Waals surface area contributed by atoms with E-state index in [0.717, 1.165) is 6.54 Å². The summed E-state index contributed by atoms with van der Waals surface area (Å²) in [5.74, 6) is 1.24. The monoisotopic (exact) mass is 499 g/mol. The number of hydrogen-bond donors (Lipinski definition) is 2. The first-order valence-corrected chi connectivity index (χ1v) is 11.7. The van der Waals surface area contributed by atoms with Crippen LogP contribution < -0.4 is 25.7 Å². The standard InChI is InChI=1S/C28H29N5O4/c1-32(2)17-16-29-27(34)20-8-7-9-21(18-20)31-26-25(37-24-14-12-23(36-3)13-15-24)19-30-33(28(26)35)22-10-5-4-6-11-22/h4-15,18-19,31H,16-17H2,1-3H3,(H,29,34). The lowest BCUT2D eigenvalue weighted by Gasteiger charge is -2.15. The Balaban J connectivity index is 1.67. The van der Waals surface area contributed by atoms with Gasteiger partial charge >= 0.3 is 0 Å². The molecule has 0 unspecified atom stereocenters. The Hall–Kier alpha value is -4.63. The Morgan fingerprint density at radius 2 is 1.70 bits per heavy atom. The summed E-state index contributed by atoms with van der Waals surface area (Å²) in [4.78, 5) is 28.2. The summed E-state index contributed by atoms with van der Waals surface area (Å²) in [7, 11) is 5.47. The van der Waals surface area contributed by atoms with E-state index < -0.39 is 5.56 Å². The zero-order chi connectivity index (χ0) is 26.2. The van der Waals surface area contributed by atoms with Crippen molar-refractivity contribution >= 4 is 17.3 Å². The Bertz CT molecular complexity index is 1400. The molecule has 0 bridgehead atoms. The summed E-state index contributed by atoms with van der Waals surface area (Å²) in [5, 5.41) is 10.4. The van der Waals surface area contributed by atoms with Gasteiger partial charge in [0.2, 0.25) is 0 Å². The van der Waals surface area contributed by atoms with Crippen LogP contribution in [0.25, 0.3) is 5.69 Å². The Morgan fingerprint density at radius 3 is 2.41 bits per heavy atom. The van der Waals surface area contributed by atoms with Gasteiger partial charge in [0, 0.05) is 24.3 Å². The van der Waals surface area contributed by atoms with E-state index in [1.807, 2.05) is 37.2 Å². The van der Waals surface area contributed by atoms with Gasteiger partial charge in [-0.05, 0) is 68.7 Å². The van der Waals surface area contributed by atoms with Gasteiger partial charge in [-0.3, -0.25) is 9.59 Å². The van der Waals surface area contributed by atoms with E-state index in [0.29, 0.717) is 35.0 Å². The minimum Gasteiger partial charge on any atom is -0.497 e. The Morgan fingerprint density at radius 1 is 0.973 bits per heavy atom. The van der Waals surface area contributed by atoms with Crippen LogP contribution in [0, 0.1) is 0 Å². The maximum absolute atomic E-state index is 13.6. The van der Waals surface area contributed by atoms with Crippen LogP contribution in [-0.4, -0.2) is 54.9 Å². The van der Waals surface area contributed by atoms with Gasteiger partial charge in [0.25, 0.3) is 11.5 Å². The third-order valence-electron chi connectivity index (χ3n) is 5.47. The van der Waals surface area contributed by atoms with Crippen LogP contribution >= 0.6 is 0 Å². The molecule has 0 radical (unpaired) electrons. The SMILES string of the molecule is COc1ccc(Oc2cnn(-c3ccccc3)c(=O)c2Nc2cccc(C(=O)NCCN(C)C)c2)cc1. The van der Waals surface area contributed by atoms with Gasteiger partial charge in [-0.1, -0.05) is 24.3 Å². The third-order valence-corrected chi connectivity index (χ3v) is 5.47. The predicted molar refractivity (Wildman–Crippen MR) is 144 cm³/mol. The van der Waals surface area contributed by atoms with Crippen molar-refractivity contribution < 1.29 is 14.3 Å². The maximum atomic E-state index is 13.6. The van der Waals surface area contributed by atoms with Crippen molar-refractivity contribution in [2.75, 3.05) is 39.6 Å². The van der Waals surface area contributed by atoms with Gasteiger partial charge in [-0.2, -0.15) is 9.78 Å². The number of carbonyl (C=O) groups excluding carboxylic acids is 1. The maximum Gasteiger partial charge on any atom is 0.299 e. The second kappa shape index (κ2) is 11.9. The number of para-hydroxylation sites is 1. The van der Waals surface area contributed by atoms with Crippen molar-refractivity contribution in [3.05, 3.63) is 101 Å². The number of anilines is 2. The van der Waals surface area contributed by atoms with Gasteiger partial charge in [0.15, 0.2) is 11.4 Å². The van der Waals surface area contributed by atoms with Crippen molar-refractivity contribution in [3.8, 4) is 22.9 Å². The van der Waals surface area contributed by atoms with Crippen molar-refractivity contribution in [1.82, 2.24) is 20.0 Å². The van der Waals surface area contributed by atoms with E-state index in [-0.39, 0.29) is 17.3 Å². The fourth-order valence-corrected chi connectivity index (χ4v) is 3.53. The van der Waals surface area contributed by atoms with Gasteiger partial charge in [0.1, 0.15) is 11.5 Å². The summed E-state index contributed by atoms with van der Waals surface area (Å²) in [5.41, 5.74) is 1.42. The van der Waals surface area contributed by atoms with E-state index in [1.54, 1.807) is 67.8 Å². The number of rotatable bonds is 10. The van der Waals surface area contributed by atoms with Crippen LogP contribution in [0.4, 0.5) is 11.4 Å². The van der Waals surface area contributed by atoms with Gasteiger partial charge < -0.3 is 25.0 Å². The topological polar surface area (TPSA) is 97.7 Å². The second-order valence-corrected chi connectivity index (χ2v) is 8.48. The molecule has 0 aliphatic rings. The summed E-state index contributed by atoms with van der Waals surface area (Å²) >= 11 is 0. The first-order valence-electron chi connectivity index (χ1n) is 11.7. The number of benzene rings is 3. The molecule has 2 N–H and O–H groups in total. The first-order chi connectivity index (χ1) is 17.9. The highest BCUT2D eigenvalue weighted by molar-refractivity contribution is 5.95. The van der Waals surface area contributed by atoms with Crippen LogP contribution in [0.5, 0.6) is 17.2 Å². The average Bonchev–Trinajstić information content (AvgIpc) is 2.91. The van der Waals surface area contributed by atoms with E-state index in [1.165, 1.54) is 10.9 Å². The molecular formula is C28H29N5O4. The van der Waals surface area contributed by atoms with Crippen molar-refractivity contribution in [1.29, 1.82) is 0 Å². The molecule has 4 rings (SSSR count). The molecule has 37 heavy (non-hydrogen) atoms. The van der Waals surface area contributed by atoms with Crippen LogP contribution in [0.1, 0.15) is 10.4 Å². The van der Waals surface area contributed by atoms with Crippen LogP contribution in [-0.2, 0) is 0 Å². The normalized spacial score (nSPS) is 10.7. The van der Waals surface area contributed by atoms with E-state index >= 15 is 0 Å². The van der Waals surface area contributed by atoms with Crippen molar-refractivity contribution in [2.24, 2.45) is 0 Å². The number of methoxy groups -OCH3 is 1. The molecule has 0 saturated heterocycles. The quantitative estimate of drug-likeness (QED) is 0.339. The lowest BCUT2D eigenvalue weighted by Crippen LogP contribution is -2.31. The van der Waals surface area contributed by atoms with Gasteiger partial charge in [0.05, 0.1) is 19.0 Å². The molecule has 0 spiro atoms. The smallest absolute Gasteiger partial charge is 0.299 e. The molecular weight excluding hydrogens is 470 g/mol. The third kappa shape index (κ3) is 6.53. The minimum atomic E-state index is -0.405. The highest BCUT2D eigenvalue weighted by Crippen LogP contribution is 2.30. The molecule has 0 aliphatic heterocycles. The van der Waals surface area contributed by atoms with E-state index in [4.69, 9.17) is 9.47 Å². The fourth-order valence-electron chi connectivity index (χ4n) is 3.53. The summed E-state index contributed by atoms with van der Waals surface area (Å²) in [6.07, 6.45) is 1.48. The highest BCUT2D eigenvalue weighted by atomic mass is 16.5. The summed E-state index contributed by atoms with van der Waals surface area (Å²) < 4.78 is 12.5. The van der Waals surface area contributed by atoms with Crippen LogP contribution in [0.2, 0.25) is 0 Å². The molecule has 4 aromatic rings. The van der Waals surface area contributed by atoms with Crippen molar-refractivity contribution in [3.63, 3.8) is 0 Å². The molecule has 9 heteroatoms. The molecule has 0 fully saturated rings. The lowest BCUT2D eigenvalue weighted by molar-refractivity contribution is 0.0951. The van der Waals surface area contributed by atoms with Crippen LogP contribution in [0.3, 0.4) is 0 Å². The number of ether oxygens (including phenoxy) is 2. The van der Waals surface area contributed by atoms with Crippen LogP contribution in [0.15, 0.2) is 89.9 Å². The van der Waals surface area contributed by atoms with E-state index in [9.17, 15) is 9.59 Å². The number of nitrogens with zero attached hydrogens (tertiary/aromatic N) is 3. The first kappa shape index (κ1) is 25.5. The predicted octanol–water partition coefficient (Wildman–Crippen LogP) is 4.07. The Labute approximate surface area is 215 Å². The largest absolute Gasteiger partial charge is 0.497 e. The fraction of sp³-hybridized carbons (Fsp3) is 0.179. The number of amides is 1. The number of hydrogen-bond acceptors (Lipinski definition) is 7. The molecule has 0 aliphatic carbocycles. The van der Waals surface area contributed by atoms with Crippen molar-refractivity contribution in [2.45, 2.75) is 0 Å². The number of nitrogens with one attached hydrogen (secondary N) is 2. The number of aromatic nitrogens is 2.